The van der Waals surface area contributed by atoms with Gasteiger partial charge < -0.3 is 9.64 Å². The highest BCUT2D eigenvalue weighted by molar-refractivity contribution is 9.10. The highest BCUT2D eigenvalue weighted by Gasteiger charge is 2.34. The van der Waals surface area contributed by atoms with Gasteiger partial charge in [0.25, 0.3) is 5.91 Å². The number of rotatable bonds is 5. The van der Waals surface area contributed by atoms with Crippen LogP contribution in [-0.4, -0.2) is 31.3 Å². The van der Waals surface area contributed by atoms with Gasteiger partial charge in [0.2, 0.25) is 0 Å². The van der Waals surface area contributed by atoms with Crippen LogP contribution in [0.15, 0.2) is 46.0 Å². The summed E-state index contributed by atoms with van der Waals surface area (Å²) in [4.78, 5) is 14.4. The maximum Gasteiger partial charge on any atom is 0.277 e. The highest BCUT2D eigenvalue weighted by atomic mass is 79.9. The lowest BCUT2D eigenvalue weighted by Crippen LogP contribution is -2.45. The molecule has 29 heavy (non-hydrogen) atoms. The third-order valence-corrected chi connectivity index (χ3v) is 6.07. The minimum atomic E-state index is -0.299. The van der Waals surface area contributed by atoms with Gasteiger partial charge in [0.05, 0.1) is 6.21 Å². The molecular formula is C23H28BrN3O2. The monoisotopic (exact) mass is 457 g/mol. The molecule has 0 saturated heterocycles. The molecule has 1 amide bonds. The Balaban J connectivity index is 1.65. The molecule has 1 aliphatic rings. The molecule has 2 aromatic carbocycles. The quantitative estimate of drug-likeness (QED) is 0.507. The first kappa shape index (κ1) is 21.4. The lowest BCUT2D eigenvalue weighted by molar-refractivity contribution is -0.123. The first-order valence-corrected chi connectivity index (χ1v) is 10.6. The first-order valence-electron chi connectivity index (χ1n) is 9.76. The number of anilines is 1. The maximum absolute atomic E-state index is 12.0. The van der Waals surface area contributed by atoms with Crippen molar-refractivity contribution in [2.24, 2.45) is 5.10 Å². The molecule has 1 atom stereocenters. The Morgan fingerprint density at radius 3 is 2.86 bits per heavy atom. The number of carbonyl (C=O) groups excluding carboxylic acids is 1. The van der Waals surface area contributed by atoms with Crippen molar-refractivity contribution in [3.05, 3.63) is 57.6 Å². The topological polar surface area (TPSA) is 53.9 Å². The second-order valence-corrected chi connectivity index (χ2v) is 9.20. The zero-order valence-corrected chi connectivity index (χ0v) is 19.2. The van der Waals surface area contributed by atoms with Crippen LogP contribution in [0.2, 0.25) is 0 Å². The molecule has 2 aromatic rings. The standard InChI is InChI=1S/C23H28BrN3O2/c1-15-9-21-20(16(2)12-23(3,4)27(21)5)10-17(15)13-25-26-22(28)14-29-19-8-6-7-18(24)11-19/h6-11,13,16H,12,14H2,1-5H3,(H,26,28)/b25-13-. The van der Waals surface area contributed by atoms with Crippen LogP contribution in [-0.2, 0) is 4.79 Å². The van der Waals surface area contributed by atoms with Crippen LogP contribution in [0.5, 0.6) is 5.75 Å². The fourth-order valence-corrected chi connectivity index (χ4v) is 4.16. The van der Waals surface area contributed by atoms with Crippen LogP contribution in [0.1, 0.15) is 49.8 Å². The number of ether oxygens (including phenoxy) is 1. The summed E-state index contributed by atoms with van der Waals surface area (Å²) in [6.07, 6.45) is 2.80. The Hall–Kier alpha value is -2.34. The molecule has 0 radical (unpaired) electrons. The molecule has 0 fully saturated rings. The fraction of sp³-hybridized carbons (Fsp3) is 0.391. The molecule has 0 bridgehead atoms. The van der Waals surface area contributed by atoms with Crippen molar-refractivity contribution in [3.63, 3.8) is 0 Å². The molecule has 1 heterocycles. The van der Waals surface area contributed by atoms with Crippen LogP contribution in [0.3, 0.4) is 0 Å². The smallest absolute Gasteiger partial charge is 0.277 e. The van der Waals surface area contributed by atoms with Crippen molar-refractivity contribution in [1.29, 1.82) is 0 Å². The summed E-state index contributed by atoms with van der Waals surface area (Å²) in [5.41, 5.74) is 7.41. The van der Waals surface area contributed by atoms with E-state index in [4.69, 9.17) is 4.74 Å². The fourth-order valence-electron chi connectivity index (χ4n) is 3.79. The Kier molecular flexibility index (Phi) is 6.32. The number of nitrogens with zero attached hydrogens (tertiary/aromatic N) is 2. The normalized spacial score (nSPS) is 17.9. The zero-order chi connectivity index (χ0) is 21.2. The minimum absolute atomic E-state index is 0.0894. The maximum atomic E-state index is 12.0. The third-order valence-electron chi connectivity index (χ3n) is 5.58. The number of fused-ring (bicyclic) bond motifs is 1. The molecule has 0 aromatic heterocycles. The van der Waals surface area contributed by atoms with Gasteiger partial charge in [-0.25, -0.2) is 5.43 Å². The second-order valence-electron chi connectivity index (χ2n) is 8.28. The highest BCUT2D eigenvalue weighted by Crippen LogP contribution is 2.43. The van der Waals surface area contributed by atoms with E-state index >= 15 is 0 Å². The Morgan fingerprint density at radius 2 is 2.14 bits per heavy atom. The minimum Gasteiger partial charge on any atom is -0.484 e. The van der Waals surface area contributed by atoms with Crippen LogP contribution >= 0.6 is 15.9 Å². The summed E-state index contributed by atoms with van der Waals surface area (Å²) >= 11 is 3.38. The summed E-state index contributed by atoms with van der Waals surface area (Å²) in [5.74, 6) is 0.800. The Labute approximate surface area is 181 Å². The Bertz CT molecular complexity index is 940. The number of nitrogens with one attached hydrogen (secondary N) is 1. The van der Waals surface area contributed by atoms with Crippen molar-refractivity contribution in [1.82, 2.24) is 5.43 Å². The predicted molar refractivity (Wildman–Crippen MR) is 122 cm³/mol. The molecule has 3 rings (SSSR count). The van der Waals surface area contributed by atoms with Crippen LogP contribution in [0, 0.1) is 6.92 Å². The lowest BCUT2D eigenvalue weighted by Gasteiger charge is -2.45. The number of amides is 1. The Morgan fingerprint density at radius 1 is 1.38 bits per heavy atom. The van der Waals surface area contributed by atoms with E-state index in [0.29, 0.717) is 11.7 Å². The zero-order valence-electron chi connectivity index (χ0n) is 17.6. The van der Waals surface area contributed by atoms with E-state index in [1.165, 1.54) is 11.3 Å². The molecule has 5 nitrogen and oxygen atoms in total. The van der Waals surface area contributed by atoms with Crippen LogP contribution in [0.4, 0.5) is 5.69 Å². The lowest BCUT2D eigenvalue weighted by atomic mass is 9.79. The van der Waals surface area contributed by atoms with Crippen LogP contribution < -0.4 is 15.1 Å². The summed E-state index contributed by atoms with van der Waals surface area (Å²) in [7, 11) is 2.16. The van der Waals surface area contributed by atoms with E-state index in [-0.39, 0.29) is 18.1 Å². The molecule has 1 aliphatic heterocycles. The first-order chi connectivity index (χ1) is 13.7. The van der Waals surface area contributed by atoms with Gasteiger partial charge in [0.1, 0.15) is 5.75 Å². The largest absolute Gasteiger partial charge is 0.484 e. The van der Waals surface area contributed by atoms with Gasteiger partial charge in [-0.3, -0.25) is 4.79 Å². The molecular weight excluding hydrogens is 430 g/mol. The average molecular weight is 458 g/mol. The number of hydrogen-bond acceptors (Lipinski definition) is 4. The molecule has 0 aliphatic carbocycles. The van der Waals surface area contributed by atoms with E-state index in [1.54, 1.807) is 12.3 Å². The number of halogens is 1. The van der Waals surface area contributed by atoms with Gasteiger partial charge in [0.15, 0.2) is 6.61 Å². The predicted octanol–water partition coefficient (Wildman–Crippen LogP) is 5.01. The number of hydrogen-bond donors (Lipinski definition) is 1. The second kappa shape index (κ2) is 8.57. The molecule has 1 N–H and O–H groups in total. The molecule has 6 heteroatoms. The molecule has 154 valence electrons. The van der Waals surface area contributed by atoms with Gasteiger partial charge in [-0.15, -0.1) is 0 Å². The van der Waals surface area contributed by atoms with Gasteiger partial charge in [0, 0.05) is 22.7 Å². The molecule has 0 spiro atoms. The number of benzene rings is 2. The summed E-state index contributed by atoms with van der Waals surface area (Å²) in [6.45, 7) is 8.81. The van der Waals surface area contributed by atoms with E-state index in [1.807, 2.05) is 18.2 Å². The SMILES string of the molecule is Cc1cc2c(cc1/C=N\NC(=O)COc1cccc(Br)c1)C(C)CC(C)(C)N2C. The molecule has 0 saturated carbocycles. The van der Waals surface area contributed by atoms with Gasteiger partial charge in [-0.1, -0.05) is 28.9 Å². The van der Waals surface area contributed by atoms with Crippen molar-refractivity contribution in [3.8, 4) is 5.75 Å². The number of aryl methyl sites for hydroxylation is 1. The van der Waals surface area contributed by atoms with Crippen molar-refractivity contribution in [2.45, 2.75) is 45.6 Å². The van der Waals surface area contributed by atoms with Crippen molar-refractivity contribution < 1.29 is 9.53 Å². The van der Waals surface area contributed by atoms with Crippen LogP contribution in [0.25, 0.3) is 0 Å². The van der Waals surface area contributed by atoms with E-state index in [9.17, 15) is 4.79 Å². The summed E-state index contributed by atoms with van der Waals surface area (Å²) < 4.78 is 6.38. The van der Waals surface area contributed by atoms with E-state index < -0.39 is 0 Å². The summed E-state index contributed by atoms with van der Waals surface area (Å²) in [6, 6.07) is 11.8. The average Bonchev–Trinajstić information content (AvgIpc) is 2.65. The number of carbonyl (C=O) groups is 1. The van der Waals surface area contributed by atoms with Gasteiger partial charge in [-0.05, 0) is 80.1 Å². The third kappa shape index (κ3) is 4.99. The van der Waals surface area contributed by atoms with Crippen molar-refractivity contribution in [2.75, 3.05) is 18.6 Å². The van der Waals surface area contributed by atoms with E-state index in [0.717, 1.165) is 22.0 Å². The van der Waals surface area contributed by atoms with E-state index in [2.05, 4.69) is 78.2 Å². The van der Waals surface area contributed by atoms with Crippen molar-refractivity contribution >= 4 is 33.7 Å². The summed E-state index contributed by atoms with van der Waals surface area (Å²) in [5, 5.41) is 4.13. The number of hydrazone groups is 1. The molecule has 1 unspecified atom stereocenters. The van der Waals surface area contributed by atoms with Gasteiger partial charge >= 0.3 is 0 Å². The van der Waals surface area contributed by atoms with Gasteiger partial charge in [-0.2, -0.15) is 5.10 Å².